The largest absolute Gasteiger partial charge is 0.299 e. The molecule has 2 bridgehead atoms. The molecule has 2 atom stereocenters. The van der Waals surface area contributed by atoms with E-state index in [2.05, 4.69) is 13.8 Å². The predicted molar refractivity (Wildman–Crippen MR) is 48.9 cm³/mol. The van der Waals surface area contributed by atoms with Crippen molar-refractivity contribution in [3.63, 3.8) is 0 Å². The maximum Gasteiger partial charge on any atom is 0.135 e. The van der Waals surface area contributed by atoms with Crippen LogP contribution >= 0.6 is 0 Å². The fourth-order valence-electron chi connectivity index (χ4n) is 2.85. The van der Waals surface area contributed by atoms with Gasteiger partial charge in [-0.05, 0) is 37.0 Å². The summed E-state index contributed by atoms with van der Waals surface area (Å²) in [5.74, 6) is 1.81. The van der Waals surface area contributed by atoms with Gasteiger partial charge >= 0.3 is 0 Å². The number of carbonyl (C=O) groups is 1. The van der Waals surface area contributed by atoms with Crippen LogP contribution in [0.2, 0.25) is 0 Å². The van der Waals surface area contributed by atoms with Gasteiger partial charge in [0.1, 0.15) is 5.78 Å². The van der Waals surface area contributed by atoms with Crippen molar-refractivity contribution in [2.75, 3.05) is 0 Å². The minimum atomic E-state index is 0.441. The predicted octanol–water partition coefficient (Wildman–Crippen LogP) is 2.79. The van der Waals surface area contributed by atoms with Crippen LogP contribution in [-0.2, 0) is 4.79 Å². The zero-order valence-electron chi connectivity index (χ0n) is 8.10. The van der Waals surface area contributed by atoms with E-state index in [0.29, 0.717) is 17.1 Å². The second-order valence-corrected chi connectivity index (χ2v) is 5.16. The second kappa shape index (κ2) is 2.58. The third kappa shape index (κ3) is 1.19. The number of hydrogen-bond donors (Lipinski definition) is 0. The molecule has 0 aromatic carbocycles. The van der Waals surface area contributed by atoms with Crippen molar-refractivity contribution in [2.45, 2.75) is 46.0 Å². The van der Waals surface area contributed by atoms with E-state index in [0.717, 1.165) is 25.2 Å². The fourth-order valence-corrected chi connectivity index (χ4v) is 2.85. The van der Waals surface area contributed by atoms with Gasteiger partial charge in [-0.2, -0.15) is 0 Å². The minimum absolute atomic E-state index is 0.441. The molecule has 2 aliphatic carbocycles. The Bertz CT molecular complexity index is 205. The Labute approximate surface area is 74.5 Å². The van der Waals surface area contributed by atoms with Crippen molar-refractivity contribution in [1.82, 2.24) is 0 Å². The topological polar surface area (TPSA) is 17.1 Å². The quantitative estimate of drug-likeness (QED) is 0.541. The summed E-state index contributed by atoms with van der Waals surface area (Å²) in [4.78, 5) is 11.4. The molecular weight excluding hydrogens is 148 g/mol. The first-order chi connectivity index (χ1) is 5.59. The highest BCUT2D eigenvalue weighted by atomic mass is 16.1. The van der Waals surface area contributed by atoms with Crippen LogP contribution < -0.4 is 0 Å². The average Bonchev–Trinajstić information content (AvgIpc) is 2.02. The van der Waals surface area contributed by atoms with Crippen LogP contribution in [0, 0.1) is 17.3 Å². The lowest BCUT2D eigenvalue weighted by atomic mass is 9.60. The summed E-state index contributed by atoms with van der Waals surface area (Å²) in [6, 6.07) is 0. The highest BCUT2D eigenvalue weighted by Crippen LogP contribution is 2.48. The van der Waals surface area contributed by atoms with Gasteiger partial charge in [0, 0.05) is 12.3 Å². The number of carbonyl (C=O) groups excluding carboxylic acids is 1. The Kier molecular flexibility index (Phi) is 1.78. The van der Waals surface area contributed by atoms with Crippen molar-refractivity contribution in [3.8, 4) is 0 Å². The molecule has 12 heavy (non-hydrogen) atoms. The Morgan fingerprint density at radius 3 is 2.83 bits per heavy atom. The summed E-state index contributed by atoms with van der Waals surface area (Å²) in [5, 5.41) is 0. The first-order valence-electron chi connectivity index (χ1n) is 5.12. The summed E-state index contributed by atoms with van der Waals surface area (Å²) in [7, 11) is 0. The van der Waals surface area contributed by atoms with E-state index in [9.17, 15) is 4.79 Å². The molecule has 0 radical (unpaired) electrons. The lowest BCUT2D eigenvalue weighted by molar-refractivity contribution is -0.129. The molecule has 0 aromatic rings. The number of rotatable bonds is 0. The van der Waals surface area contributed by atoms with Crippen LogP contribution in [0.4, 0.5) is 0 Å². The first kappa shape index (κ1) is 8.28. The van der Waals surface area contributed by atoms with Gasteiger partial charge < -0.3 is 0 Å². The minimum Gasteiger partial charge on any atom is -0.299 e. The first-order valence-corrected chi connectivity index (χ1v) is 5.12. The Balaban J connectivity index is 2.14. The lowest BCUT2D eigenvalue weighted by Crippen LogP contribution is -2.38. The summed E-state index contributed by atoms with van der Waals surface area (Å²) in [6.45, 7) is 4.73. The molecule has 2 unspecified atom stereocenters. The molecule has 0 spiro atoms. The van der Waals surface area contributed by atoms with Crippen LogP contribution in [0.5, 0.6) is 0 Å². The molecule has 0 amide bonds. The molecule has 2 fully saturated rings. The Morgan fingerprint density at radius 2 is 2.08 bits per heavy atom. The maximum absolute atomic E-state index is 11.4. The standard InChI is InChI=1S/C11H18O/c1-11(2)6-5-8-7-9(11)3-4-10(8)12/h8-9H,3-7H2,1-2H3. The Hall–Kier alpha value is -0.330. The van der Waals surface area contributed by atoms with Crippen LogP contribution in [0.3, 0.4) is 0 Å². The summed E-state index contributed by atoms with van der Waals surface area (Å²) < 4.78 is 0. The van der Waals surface area contributed by atoms with E-state index >= 15 is 0 Å². The molecule has 2 saturated carbocycles. The molecule has 68 valence electrons. The highest BCUT2D eigenvalue weighted by Gasteiger charge is 2.41. The van der Waals surface area contributed by atoms with Gasteiger partial charge in [-0.25, -0.2) is 0 Å². The van der Waals surface area contributed by atoms with Crippen LogP contribution in [0.1, 0.15) is 46.0 Å². The zero-order valence-corrected chi connectivity index (χ0v) is 8.10. The fraction of sp³-hybridized carbons (Fsp3) is 0.909. The van der Waals surface area contributed by atoms with Crippen LogP contribution in [-0.4, -0.2) is 5.78 Å². The lowest BCUT2D eigenvalue weighted by Gasteiger charge is -2.44. The molecular formula is C11H18O. The van der Waals surface area contributed by atoms with Gasteiger partial charge in [0.15, 0.2) is 0 Å². The maximum atomic E-state index is 11.4. The van der Waals surface area contributed by atoms with Crippen molar-refractivity contribution in [1.29, 1.82) is 0 Å². The Morgan fingerprint density at radius 1 is 1.33 bits per heavy atom. The molecule has 1 heteroatoms. The van der Waals surface area contributed by atoms with Gasteiger partial charge in [0.25, 0.3) is 0 Å². The number of fused-ring (bicyclic) bond motifs is 2. The smallest absolute Gasteiger partial charge is 0.135 e. The average molecular weight is 166 g/mol. The zero-order chi connectivity index (χ0) is 8.77. The third-order valence-corrected chi connectivity index (χ3v) is 4.01. The molecule has 2 aliphatic rings. The van der Waals surface area contributed by atoms with Crippen LogP contribution in [0.25, 0.3) is 0 Å². The van der Waals surface area contributed by atoms with Crippen LogP contribution in [0.15, 0.2) is 0 Å². The molecule has 0 heterocycles. The van der Waals surface area contributed by atoms with E-state index in [-0.39, 0.29) is 0 Å². The van der Waals surface area contributed by atoms with E-state index in [1.165, 1.54) is 12.8 Å². The number of Topliss-reactive ketones (excluding diaryl/α,β-unsaturated/α-hetero) is 1. The molecule has 0 aliphatic heterocycles. The van der Waals surface area contributed by atoms with Gasteiger partial charge in [0.2, 0.25) is 0 Å². The molecule has 0 N–H and O–H groups in total. The third-order valence-electron chi connectivity index (χ3n) is 4.01. The molecule has 0 saturated heterocycles. The number of hydrogen-bond acceptors (Lipinski definition) is 1. The summed E-state index contributed by atoms with van der Waals surface area (Å²) in [6.07, 6.45) is 5.61. The molecule has 1 nitrogen and oxygen atoms in total. The van der Waals surface area contributed by atoms with Gasteiger partial charge in [-0.3, -0.25) is 4.79 Å². The normalized spacial score (nSPS) is 39.7. The van der Waals surface area contributed by atoms with Crippen molar-refractivity contribution < 1.29 is 4.79 Å². The van der Waals surface area contributed by atoms with Gasteiger partial charge in [0.05, 0.1) is 0 Å². The molecule has 0 aromatic heterocycles. The van der Waals surface area contributed by atoms with Crippen molar-refractivity contribution in [2.24, 2.45) is 17.3 Å². The number of ketones is 1. The van der Waals surface area contributed by atoms with E-state index < -0.39 is 0 Å². The van der Waals surface area contributed by atoms with E-state index in [1.807, 2.05) is 0 Å². The van der Waals surface area contributed by atoms with Crippen molar-refractivity contribution >= 4 is 5.78 Å². The van der Waals surface area contributed by atoms with Crippen molar-refractivity contribution in [3.05, 3.63) is 0 Å². The monoisotopic (exact) mass is 166 g/mol. The summed E-state index contributed by atoms with van der Waals surface area (Å²) >= 11 is 0. The highest BCUT2D eigenvalue weighted by molar-refractivity contribution is 5.81. The summed E-state index contributed by atoms with van der Waals surface area (Å²) in [5.41, 5.74) is 0.511. The van der Waals surface area contributed by atoms with E-state index in [4.69, 9.17) is 0 Å². The SMILES string of the molecule is CC1(C)CCC2CC1CCC2=O. The van der Waals surface area contributed by atoms with Gasteiger partial charge in [-0.15, -0.1) is 0 Å². The van der Waals surface area contributed by atoms with Gasteiger partial charge in [-0.1, -0.05) is 13.8 Å². The van der Waals surface area contributed by atoms with E-state index in [1.54, 1.807) is 0 Å². The second-order valence-electron chi connectivity index (χ2n) is 5.16. The molecule has 2 rings (SSSR count).